The molecule has 0 saturated carbocycles. The van der Waals surface area contributed by atoms with Gasteiger partial charge in [0.25, 0.3) is 0 Å². The van der Waals surface area contributed by atoms with Gasteiger partial charge in [0.15, 0.2) is 5.78 Å². The highest BCUT2D eigenvalue weighted by atomic mass is 16.5. The van der Waals surface area contributed by atoms with E-state index in [9.17, 15) is 9.59 Å². The predicted molar refractivity (Wildman–Crippen MR) is 72.2 cm³/mol. The van der Waals surface area contributed by atoms with Crippen molar-refractivity contribution in [3.05, 3.63) is 23.8 Å². The first-order valence-corrected chi connectivity index (χ1v) is 6.75. The standard InChI is InChI=1S/C15H17NO4/c1-19-11-2-3-12-13(18)9-15(20-14(12)8-11)4-6-16(10-17)7-5-15/h2-3,8,10H,4-7,9H2,1H3. The van der Waals surface area contributed by atoms with Crippen LogP contribution >= 0.6 is 0 Å². The van der Waals surface area contributed by atoms with Crippen LogP contribution in [0.4, 0.5) is 0 Å². The van der Waals surface area contributed by atoms with Gasteiger partial charge in [-0.15, -0.1) is 0 Å². The number of benzene rings is 1. The first-order chi connectivity index (χ1) is 9.65. The van der Waals surface area contributed by atoms with Gasteiger partial charge in [0, 0.05) is 32.0 Å². The summed E-state index contributed by atoms with van der Waals surface area (Å²) in [4.78, 5) is 24.8. The molecule has 1 aromatic rings. The molecule has 1 saturated heterocycles. The van der Waals surface area contributed by atoms with Gasteiger partial charge in [-0.3, -0.25) is 9.59 Å². The predicted octanol–water partition coefficient (Wildman–Crippen LogP) is 1.65. The average Bonchev–Trinajstić information content (AvgIpc) is 2.47. The Hall–Kier alpha value is -2.04. The molecular weight excluding hydrogens is 258 g/mol. The van der Waals surface area contributed by atoms with Crippen LogP contribution in [0.1, 0.15) is 29.6 Å². The number of likely N-dealkylation sites (tertiary alicyclic amines) is 1. The van der Waals surface area contributed by atoms with E-state index in [1.807, 2.05) is 0 Å². The van der Waals surface area contributed by atoms with E-state index in [2.05, 4.69) is 0 Å². The Kier molecular flexibility index (Phi) is 3.12. The molecule has 1 spiro atoms. The lowest BCUT2D eigenvalue weighted by Crippen LogP contribution is -2.50. The van der Waals surface area contributed by atoms with E-state index in [0.29, 0.717) is 49.4 Å². The molecule has 0 aliphatic carbocycles. The third-order valence-electron chi connectivity index (χ3n) is 4.16. The van der Waals surface area contributed by atoms with E-state index >= 15 is 0 Å². The highest BCUT2D eigenvalue weighted by Gasteiger charge is 2.42. The van der Waals surface area contributed by atoms with E-state index in [0.717, 1.165) is 6.41 Å². The van der Waals surface area contributed by atoms with Crippen molar-refractivity contribution >= 4 is 12.2 Å². The van der Waals surface area contributed by atoms with Crippen molar-refractivity contribution in [1.29, 1.82) is 0 Å². The van der Waals surface area contributed by atoms with Crippen LogP contribution in [0.5, 0.6) is 11.5 Å². The monoisotopic (exact) mass is 275 g/mol. The van der Waals surface area contributed by atoms with Crippen LogP contribution in [0.15, 0.2) is 18.2 Å². The minimum Gasteiger partial charge on any atom is -0.497 e. The van der Waals surface area contributed by atoms with Crippen molar-refractivity contribution < 1.29 is 19.1 Å². The molecule has 0 atom stereocenters. The minimum atomic E-state index is -0.462. The number of hydrogen-bond acceptors (Lipinski definition) is 4. The molecule has 106 valence electrons. The number of ketones is 1. The number of nitrogens with zero attached hydrogens (tertiary/aromatic N) is 1. The molecule has 5 heteroatoms. The smallest absolute Gasteiger partial charge is 0.209 e. The van der Waals surface area contributed by atoms with Crippen LogP contribution in [0.3, 0.4) is 0 Å². The average molecular weight is 275 g/mol. The second-order valence-corrected chi connectivity index (χ2v) is 5.39. The van der Waals surface area contributed by atoms with Gasteiger partial charge >= 0.3 is 0 Å². The molecule has 0 bridgehead atoms. The molecule has 3 rings (SSSR count). The van der Waals surface area contributed by atoms with Crippen LogP contribution in [0.2, 0.25) is 0 Å². The number of methoxy groups -OCH3 is 1. The highest BCUT2D eigenvalue weighted by Crippen LogP contribution is 2.40. The summed E-state index contributed by atoms with van der Waals surface area (Å²) in [5, 5.41) is 0. The molecule has 5 nitrogen and oxygen atoms in total. The topological polar surface area (TPSA) is 55.8 Å². The fraction of sp³-hybridized carbons (Fsp3) is 0.467. The number of fused-ring (bicyclic) bond motifs is 1. The van der Waals surface area contributed by atoms with Gasteiger partial charge in [-0.25, -0.2) is 0 Å². The Bertz CT molecular complexity index is 547. The third-order valence-corrected chi connectivity index (χ3v) is 4.16. The van der Waals surface area contributed by atoms with Gasteiger partial charge in [0.05, 0.1) is 19.1 Å². The lowest BCUT2D eigenvalue weighted by atomic mass is 9.82. The molecule has 0 N–H and O–H groups in total. The number of Topliss-reactive ketones (excluding diaryl/α,β-unsaturated/α-hetero) is 1. The van der Waals surface area contributed by atoms with Gasteiger partial charge in [0.2, 0.25) is 6.41 Å². The van der Waals surface area contributed by atoms with Gasteiger partial charge in [-0.05, 0) is 12.1 Å². The maximum absolute atomic E-state index is 12.3. The Labute approximate surface area is 117 Å². The highest BCUT2D eigenvalue weighted by molar-refractivity contribution is 6.00. The first kappa shape index (κ1) is 13.0. The van der Waals surface area contributed by atoms with E-state index in [1.165, 1.54) is 0 Å². The summed E-state index contributed by atoms with van der Waals surface area (Å²) in [5.41, 5.74) is 0.157. The van der Waals surface area contributed by atoms with Gasteiger partial charge < -0.3 is 14.4 Å². The van der Waals surface area contributed by atoms with Gasteiger partial charge in [0.1, 0.15) is 17.1 Å². The van der Waals surface area contributed by atoms with Crippen LogP contribution < -0.4 is 9.47 Å². The van der Waals surface area contributed by atoms with E-state index in [4.69, 9.17) is 9.47 Å². The summed E-state index contributed by atoms with van der Waals surface area (Å²) < 4.78 is 11.3. The van der Waals surface area contributed by atoms with E-state index < -0.39 is 5.60 Å². The van der Waals surface area contributed by atoms with Gasteiger partial charge in [-0.2, -0.15) is 0 Å². The van der Waals surface area contributed by atoms with Crippen LogP contribution in [-0.2, 0) is 4.79 Å². The van der Waals surface area contributed by atoms with Crippen molar-refractivity contribution in [1.82, 2.24) is 4.90 Å². The fourth-order valence-electron chi connectivity index (χ4n) is 2.92. The molecule has 1 aromatic carbocycles. The summed E-state index contributed by atoms with van der Waals surface area (Å²) in [6.07, 6.45) is 2.62. The lowest BCUT2D eigenvalue weighted by Gasteiger charge is -2.43. The van der Waals surface area contributed by atoms with Crippen LogP contribution in [0, 0.1) is 0 Å². The molecule has 0 aromatic heterocycles. The van der Waals surface area contributed by atoms with Crippen LogP contribution in [-0.4, -0.2) is 42.9 Å². The number of amides is 1. The second-order valence-electron chi connectivity index (χ2n) is 5.39. The van der Waals surface area contributed by atoms with E-state index in [-0.39, 0.29) is 5.78 Å². The Morgan fingerprint density at radius 2 is 2.10 bits per heavy atom. The molecule has 1 amide bonds. The number of ether oxygens (including phenoxy) is 2. The number of carbonyl (C=O) groups is 2. The zero-order valence-corrected chi connectivity index (χ0v) is 11.4. The Morgan fingerprint density at radius 1 is 1.35 bits per heavy atom. The number of hydrogen-bond donors (Lipinski definition) is 0. The minimum absolute atomic E-state index is 0.105. The number of carbonyl (C=O) groups excluding carboxylic acids is 2. The third kappa shape index (κ3) is 2.13. The largest absolute Gasteiger partial charge is 0.497 e. The molecule has 20 heavy (non-hydrogen) atoms. The molecule has 0 unspecified atom stereocenters. The summed E-state index contributed by atoms with van der Waals surface area (Å²) in [6, 6.07) is 5.29. The van der Waals surface area contributed by atoms with Gasteiger partial charge in [-0.1, -0.05) is 0 Å². The van der Waals surface area contributed by atoms with Crippen molar-refractivity contribution in [2.75, 3.05) is 20.2 Å². The van der Waals surface area contributed by atoms with Crippen molar-refractivity contribution in [3.63, 3.8) is 0 Å². The maximum Gasteiger partial charge on any atom is 0.209 e. The molecular formula is C15H17NO4. The zero-order chi connectivity index (χ0) is 14.2. The fourth-order valence-corrected chi connectivity index (χ4v) is 2.92. The first-order valence-electron chi connectivity index (χ1n) is 6.75. The van der Waals surface area contributed by atoms with Crippen LogP contribution in [0.25, 0.3) is 0 Å². The quantitative estimate of drug-likeness (QED) is 0.770. The zero-order valence-electron chi connectivity index (χ0n) is 11.4. The van der Waals surface area contributed by atoms with Crippen molar-refractivity contribution in [3.8, 4) is 11.5 Å². The maximum atomic E-state index is 12.3. The molecule has 2 heterocycles. The lowest BCUT2D eigenvalue weighted by molar-refractivity contribution is -0.121. The number of rotatable bonds is 2. The molecule has 1 fully saturated rings. The second kappa shape index (κ2) is 4.81. The Morgan fingerprint density at radius 3 is 2.75 bits per heavy atom. The van der Waals surface area contributed by atoms with E-state index in [1.54, 1.807) is 30.2 Å². The van der Waals surface area contributed by atoms with Crippen molar-refractivity contribution in [2.45, 2.75) is 24.9 Å². The summed E-state index contributed by atoms with van der Waals surface area (Å²) in [5.74, 6) is 1.38. The number of piperidine rings is 1. The van der Waals surface area contributed by atoms with Crippen molar-refractivity contribution in [2.24, 2.45) is 0 Å². The molecule has 0 radical (unpaired) electrons. The summed E-state index contributed by atoms with van der Waals surface area (Å²) in [7, 11) is 1.59. The molecule has 2 aliphatic heterocycles. The summed E-state index contributed by atoms with van der Waals surface area (Å²) >= 11 is 0. The summed E-state index contributed by atoms with van der Waals surface area (Å²) in [6.45, 7) is 1.27. The molecule has 2 aliphatic rings. The SMILES string of the molecule is COc1ccc2c(c1)OC1(CCN(C=O)CC1)CC2=O. The Balaban J connectivity index is 1.88. The normalized spacial score (nSPS) is 20.2.